The number of nitrogens with zero attached hydrogens (tertiary/aromatic N) is 1. The molecule has 0 unspecified atom stereocenters. The second-order valence-electron chi connectivity index (χ2n) is 5.00. The van der Waals surface area contributed by atoms with Gasteiger partial charge in [-0.2, -0.15) is 11.3 Å². The van der Waals surface area contributed by atoms with Crippen LogP contribution in [-0.4, -0.2) is 16.1 Å². The van der Waals surface area contributed by atoms with Crippen LogP contribution in [0.25, 0.3) is 11.1 Å². The minimum atomic E-state index is -1.34. The quantitative estimate of drug-likeness (QED) is 0.451. The van der Waals surface area contributed by atoms with E-state index >= 15 is 0 Å². The largest absolute Gasteiger partial charge is 0.465 e. The van der Waals surface area contributed by atoms with Crippen LogP contribution in [0.1, 0.15) is 0 Å². The van der Waals surface area contributed by atoms with Crippen molar-refractivity contribution in [1.82, 2.24) is 0 Å². The number of thiophene rings is 1. The van der Waals surface area contributed by atoms with Crippen molar-refractivity contribution in [3.8, 4) is 11.1 Å². The third kappa shape index (κ3) is 4.17. The van der Waals surface area contributed by atoms with Crippen molar-refractivity contribution in [2.75, 3.05) is 5.32 Å². The fourth-order valence-corrected chi connectivity index (χ4v) is 3.76. The number of hydrogen-bond donors (Lipinski definition) is 2. The average Bonchev–Trinajstić information content (AvgIpc) is 3.09. The van der Waals surface area contributed by atoms with Crippen molar-refractivity contribution in [3.63, 3.8) is 0 Å². The zero-order valence-corrected chi connectivity index (χ0v) is 14.3. The highest BCUT2D eigenvalue weighted by atomic mass is 32.2. The van der Waals surface area contributed by atoms with Crippen LogP contribution in [0.5, 0.6) is 0 Å². The monoisotopic (exact) mass is 372 g/mol. The van der Waals surface area contributed by atoms with E-state index in [0.29, 0.717) is 4.90 Å². The van der Waals surface area contributed by atoms with Crippen molar-refractivity contribution in [2.45, 2.75) is 9.79 Å². The third-order valence-corrected chi connectivity index (χ3v) is 5.03. The summed E-state index contributed by atoms with van der Waals surface area (Å²) in [4.78, 5) is 22.9. The van der Waals surface area contributed by atoms with Crippen molar-refractivity contribution < 1.29 is 14.8 Å². The molecule has 1 amide bonds. The summed E-state index contributed by atoms with van der Waals surface area (Å²) in [5.74, 6) is 0. The van der Waals surface area contributed by atoms with Crippen molar-refractivity contribution in [3.05, 3.63) is 69.4 Å². The Labute approximate surface area is 151 Å². The first-order valence-corrected chi connectivity index (χ1v) is 8.88. The molecule has 0 spiro atoms. The lowest BCUT2D eigenvalue weighted by molar-refractivity contribution is -0.384. The van der Waals surface area contributed by atoms with Crippen LogP contribution >= 0.6 is 23.1 Å². The highest BCUT2D eigenvalue weighted by Crippen LogP contribution is 2.35. The normalized spacial score (nSPS) is 10.4. The summed E-state index contributed by atoms with van der Waals surface area (Å²) in [6.07, 6.45) is -1.34. The molecular weight excluding hydrogens is 360 g/mol. The molecule has 0 aliphatic carbocycles. The Morgan fingerprint density at radius 3 is 2.40 bits per heavy atom. The predicted molar refractivity (Wildman–Crippen MR) is 98.6 cm³/mol. The van der Waals surface area contributed by atoms with Crippen LogP contribution in [0.15, 0.2) is 69.1 Å². The van der Waals surface area contributed by atoms with Crippen molar-refractivity contribution >= 4 is 40.6 Å². The molecule has 0 saturated heterocycles. The predicted octanol–water partition coefficient (Wildman–Crippen LogP) is 5.56. The molecule has 3 rings (SSSR count). The summed E-state index contributed by atoms with van der Waals surface area (Å²) in [5, 5.41) is 26.0. The molecular formula is C17H12N2O4S2. The Morgan fingerprint density at radius 1 is 1.08 bits per heavy atom. The summed E-state index contributed by atoms with van der Waals surface area (Å²) in [7, 11) is 0. The second kappa shape index (κ2) is 7.37. The van der Waals surface area contributed by atoms with Crippen LogP contribution < -0.4 is 5.32 Å². The standard InChI is InChI=1S/C17H12N2O4S2/c20-17(21)18-15-9-14(5-6-16(15)19(22)23)25-13-3-1-11(2-4-13)12-7-8-24-10-12/h1-10,18H,(H,20,21). The zero-order chi connectivity index (χ0) is 17.8. The summed E-state index contributed by atoms with van der Waals surface area (Å²) < 4.78 is 0. The Bertz CT molecular complexity index is 909. The van der Waals surface area contributed by atoms with Gasteiger partial charge >= 0.3 is 6.09 Å². The van der Waals surface area contributed by atoms with Gasteiger partial charge in [-0.25, -0.2) is 4.79 Å². The van der Waals surface area contributed by atoms with Crippen molar-refractivity contribution in [1.29, 1.82) is 0 Å². The molecule has 0 atom stereocenters. The Balaban J connectivity index is 1.82. The first kappa shape index (κ1) is 17.0. The van der Waals surface area contributed by atoms with Gasteiger partial charge in [0.15, 0.2) is 0 Å². The maximum Gasteiger partial charge on any atom is 0.409 e. The van der Waals surface area contributed by atoms with E-state index < -0.39 is 11.0 Å². The lowest BCUT2D eigenvalue weighted by Gasteiger charge is -2.07. The highest BCUT2D eigenvalue weighted by Gasteiger charge is 2.16. The molecule has 0 aliphatic heterocycles. The molecule has 0 saturated carbocycles. The molecule has 126 valence electrons. The minimum Gasteiger partial charge on any atom is -0.465 e. The van der Waals surface area contributed by atoms with Crippen LogP contribution in [-0.2, 0) is 0 Å². The summed E-state index contributed by atoms with van der Waals surface area (Å²) in [6.45, 7) is 0. The highest BCUT2D eigenvalue weighted by molar-refractivity contribution is 7.99. The van der Waals surface area contributed by atoms with Gasteiger partial charge in [-0.15, -0.1) is 0 Å². The Morgan fingerprint density at radius 2 is 1.80 bits per heavy atom. The molecule has 0 radical (unpaired) electrons. The van der Waals surface area contributed by atoms with E-state index in [4.69, 9.17) is 5.11 Å². The van der Waals surface area contributed by atoms with E-state index in [9.17, 15) is 14.9 Å². The number of nitro groups is 1. The summed E-state index contributed by atoms with van der Waals surface area (Å²) in [5.41, 5.74) is 1.95. The van der Waals surface area contributed by atoms with Crippen LogP contribution in [0.2, 0.25) is 0 Å². The molecule has 2 N–H and O–H groups in total. The fraction of sp³-hybridized carbons (Fsp3) is 0. The first-order valence-electron chi connectivity index (χ1n) is 7.12. The smallest absolute Gasteiger partial charge is 0.409 e. The lowest BCUT2D eigenvalue weighted by Crippen LogP contribution is -2.09. The zero-order valence-electron chi connectivity index (χ0n) is 12.7. The van der Waals surface area contributed by atoms with Crippen LogP contribution in [0.4, 0.5) is 16.2 Å². The first-order chi connectivity index (χ1) is 12.0. The molecule has 3 aromatic rings. The van der Waals surface area contributed by atoms with Crippen molar-refractivity contribution in [2.24, 2.45) is 0 Å². The van der Waals surface area contributed by atoms with Gasteiger partial charge in [-0.3, -0.25) is 15.4 Å². The molecule has 2 aromatic carbocycles. The maximum absolute atomic E-state index is 11.0. The number of hydrogen-bond acceptors (Lipinski definition) is 5. The van der Waals surface area contributed by atoms with Crippen LogP contribution in [0, 0.1) is 10.1 Å². The van der Waals surface area contributed by atoms with E-state index in [1.165, 1.54) is 23.9 Å². The molecule has 8 heteroatoms. The summed E-state index contributed by atoms with van der Waals surface area (Å²) >= 11 is 3.04. The van der Waals surface area contributed by atoms with E-state index in [2.05, 4.69) is 10.7 Å². The van der Waals surface area contributed by atoms with Crippen LogP contribution in [0.3, 0.4) is 0 Å². The Kier molecular flexibility index (Phi) is 5.01. The van der Waals surface area contributed by atoms with E-state index in [0.717, 1.165) is 16.0 Å². The molecule has 0 bridgehead atoms. The number of nitrogens with one attached hydrogen (secondary N) is 1. The fourth-order valence-electron chi connectivity index (χ4n) is 2.23. The molecule has 0 aliphatic rings. The minimum absolute atomic E-state index is 0.0441. The summed E-state index contributed by atoms with van der Waals surface area (Å²) in [6, 6.07) is 14.3. The van der Waals surface area contributed by atoms with Gasteiger partial charge in [0.2, 0.25) is 0 Å². The Hall–Kier alpha value is -2.84. The number of anilines is 1. The van der Waals surface area contributed by atoms with Gasteiger partial charge in [0.05, 0.1) is 4.92 Å². The van der Waals surface area contributed by atoms with Gasteiger partial charge in [0, 0.05) is 15.9 Å². The van der Waals surface area contributed by atoms with Gasteiger partial charge in [-0.1, -0.05) is 23.9 Å². The third-order valence-electron chi connectivity index (χ3n) is 3.35. The average molecular weight is 372 g/mol. The molecule has 1 aromatic heterocycles. The van der Waals surface area contributed by atoms with Gasteiger partial charge in [0.25, 0.3) is 5.69 Å². The number of benzene rings is 2. The van der Waals surface area contributed by atoms with Gasteiger partial charge < -0.3 is 5.11 Å². The van der Waals surface area contributed by atoms with E-state index in [1.807, 2.05) is 35.7 Å². The van der Waals surface area contributed by atoms with Gasteiger partial charge in [-0.05, 0) is 52.2 Å². The SMILES string of the molecule is O=C(O)Nc1cc(Sc2ccc(-c3ccsc3)cc2)ccc1[N+](=O)[O-]. The number of carbonyl (C=O) groups is 1. The molecule has 6 nitrogen and oxygen atoms in total. The number of rotatable bonds is 5. The topological polar surface area (TPSA) is 92.5 Å². The number of nitro benzene ring substituents is 1. The lowest BCUT2D eigenvalue weighted by atomic mass is 10.1. The molecule has 25 heavy (non-hydrogen) atoms. The molecule has 1 heterocycles. The van der Waals surface area contributed by atoms with E-state index in [1.54, 1.807) is 17.4 Å². The maximum atomic E-state index is 11.0. The molecule has 0 fully saturated rings. The van der Waals surface area contributed by atoms with Gasteiger partial charge in [0.1, 0.15) is 5.69 Å². The number of carboxylic acid groups (broad SMARTS) is 1. The number of amides is 1. The van der Waals surface area contributed by atoms with E-state index in [-0.39, 0.29) is 11.4 Å². The second-order valence-corrected chi connectivity index (χ2v) is 6.93.